The van der Waals surface area contributed by atoms with E-state index in [0.29, 0.717) is 24.6 Å². The second-order valence-electron chi connectivity index (χ2n) is 3.34. The second-order valence-corrected chi connectivity index (χ2v) is 3.34. The number of rotatable bonds is 6. The normalized spacial score (nSPS) is 10.1. The van der Waals surface area contributed by atoms with Crippen molar-refractivity contribution in [3.8, 4) is 0 Å². The molecule has 0 aliphatic carbocycles. The van der Waals surface area contributed by atoms with Crippen LogP contribution in [0.3, 0.4) is 0 Å². The maximum absolute atomic E-state index is 10.9. The molecular weight excluding hydrogens is 226 g/mol. The maximum Gasteiger partial charge on any atom is 0.332 e. The van der Waals surface area contributed by atoms with Gasteiger partial charge in [-0.2, -0.15) is 4.98 Å². The van der Waals surface area contributed by atoms with Crippen LogP contribution in [0.25, 0.3) is 0 Å². The first-order valence-corrected chi connectivity index (χ1v) is 5.15. The Morgan fingerprint density at radius 2 is 2.18 bits per heavy atom. The molecule has 3 N–H and O–H groups in total. The van der Waals surface area contributed by atoms with Gasteiger partial charge in [-0.3, -0.25) is 10.1 Å². The van der Waals surface area contributed by atoms with Crippen LogP contribution in [0, 0.1) is 17.0 Å². The molecule has 8 heteroatoms. The van der Waals surface area contributed by atoms with Gasteiger partial charge in [-0.05, 0) is 13.3 Å². The first kappa shape index (κ1) is 13.1. The minimum absolute atomic E-state index is 0.0176. The Morgan fingerprint density at radius 1 is 1.47 bits per heavy atom. The van der Waals surface area contributed by atoms with Crippen molar-refractivity contribution in [2.45, 2.75) is 13.3 Å². The van der Waals surface area contributed by atoms with Gasteiger partial charge in [0.15, 0.2) is 0 Å². The highest BCUT2D eigenvalue weighted by molar-refractivity contribution is 5.60. The van der Waals surface area contributed by atoms with Crippen molar-refractivity contribution in [2.24, 2.45) is 0 Å². The molecule has 1 rings (SSSR count). The van der Waals surface area contributed by atoms with Crippen LogP contribution in [0.4, 0.5) is 17.5 Å². The van der Waals surface area contributed by atoms with Crippen molar-refractivity contribution >= 4 is 17.5 Å². The first-order chi connectivity index (χ1) is 8.10. The third kappa shape index (κ3) is 3.25. The van der Waals surface area contributed by atoms with Gasteiger partial charge in [0.25, 0.3) is 0 Å². The topological polar surface area (TPSA) is 113 Å². The predicted molar refractivity (Wildman–Crippen MR) is 63.2 cm³/mol. The summed E-state index contributed by atoms with van der Waals surface area (Å²) in [6, 6.07) is 0. The van der Waals surface area contributed by atoms with Crippen molar-refractivity contribution in [3.63, 3.8) is 0 Å². The highest BCUT2D eigenvalue weighted by Gasteiger charge is 2.21. The molecule has 0 aliphatic rings. The fourth-order valence-corrected chi connectivity index (χ4v) is 1.31. The predicted octanol–water partition coefficient (Wildman–Crippen LogP) is 0.529. The number of anilines is 2. The van der Waals surface area contributed by atoms with E-state index in [9.17, 15) is 10.1 Å². The van der Waals surface area contributed by atoms with Crippen LogP contribution in [0.2, 0.25) is 0 Å². The van der Waals surface area contributed by atoms with Crippen molar-refractivity contribution in [3.05, 3.63) is 15.8 Å². The lowest BCUT2D eigenvalue weighted by molar-refractivity contribution is -0.385. The highest BCUT2D eigenvalue weighted by atomic mass is 16.6. The lowest BCUT2D eigenvalue weighted by Crippen LogP contribution is -2.11. The highest BCUT2D eigenvalue weighted by Crippen LogP contribution is 2.26. The molecule has 0 spiro atoms. The van der Waals surface area contributed by atoms with Gasteiger partial charge in [0, 0.05) is 20.2 Å². The zero-order chi connectivity index (χ0) is 12.8. The standard InChI is InChI=1S/C9H15N5O3/c1-6-7(14(16)17)8(11-4-3-5-15)13-9(10-2)12-6/h15H,3-5H2,1-2H3,(H2,10,11,12,13). The molecule has 8 nitrogen and oxygen atoms in total. The molecule has 0 atom stereocenters. The number of aryl methyl sites for hydroxylation is 1. The van der Waals surface area contributed by atoms with E-state index in [1.807, 2.05) is 0 Å². The summed E-state index contributed by atoms with van der Waals surface area (Å²) in [4.78, 5) is 18.3. The van der Waals surface area contributed by atoms with E-state index in [0.717, 1.165) is 0 Å². The lowest BCUT2D eigenvalue weighted by atomic mass is 10.3. The summed E-state index contributed by atoms with van der Waals surface area (Å²) in [5, 5.41) is 25.1. The Balaban J connectivity index is 3.04. The molecule has 1 aromatic heterocycles. The van der Waals surface area contributed by atoms with Crippen LogP contribution in [-0.4, -0.2) is 40.2 Å². The number of hydrogen-bond acceptors (Lipinski definition) is 7. The van der Waals surface area contributed by atoms with E-state index in [1.54, 1.807) is 14.0 Å². The zero-order valence-electron chi connectivity index (χ0n) is 9.73. The molecule has 94 valence electrons. The number of aliphatic hydroxyl groups is 1. The summed E-state index contributed by atoms with van der Waals surface area (Å²) >= 11 is 0. The van der Waals surface area contributed by atoms with Gasteiger partial charge < -0.3 is 15.7 Å². The SMILES string of the molecule is CNc1nc(C)c([N+](=O)[O-])c(NCCCO)n1. The van der Waals surface area contributed by atoms with E-state index in [2.05, 4.69) is 20.6 Å². The molecule has 1 aromatic rings. The van der Waals surface area contributed by atoms with Crippen LogP contribution in [0.5, 0.6) is 0 Å². The zero-order valence-corrected chi connectivity index (χ0v) is 9.73. The molecule has 0 unspecified atom stereocenters. The number of nitrogens with one attached hydrogen (secondary N) is 2. The van der Waals surface area contributed by atoms with Crippen LogP contribution >= 0.6 is 0 Å². The average molecular weight is 241 g/mol. The van der Waals surface area contributed by atoms with Crippen LogP contribution < -0.4 is 10.6 Å². The van der Waals surface area contributed by atoms with E-state index in [-0.39, 0.29) is 18.1 Å². The largest absolute Gasteiger partial charge is 0.396 e. The van der Waals surface area contributed by atoms with E-state index in [1.165, 1.54) is 0 Å². The lowest BCUT2D eigenvalue weighted by Gasteiger charge is -2.08. The fourth-order valence-electron chi connectivity index (χ4n) is 1.31. The molecule has 0 fully saturated rings. The van der Waals surface area contributed by atoms with Gasteiger partial charge >= 0.3 is 5.69 Å². The third-order valence-corrected chi connectivity index (χ3v) is 2.09. The molecule has 0 radical (unpaired) electrons. The van der Waals surface area contributed by atoms with Crippen molar-refractivity contribution in [2.75, 3.05) is 30.8 Å². The summed E-state index contributed by atoms with van der Waals surface area (Å²) in [6.07, 6.45) is 0.495. The molecule has 0 aromatic carbocycles. The molecule has 0 saturated heterocycles. The van der Waals surface area contributed by atoms with Crippen molar-refractivity contribution in [1.82, 2.24) is 9.97 Å². The summed E-state index contributed by atoms with van der Waals surface area (Å²) in [6.45, 7) is 1.98. The first-order valence-electron chi connectivity index (χ1n) is 5.15. The van der Waals surface area contributed by atoms with Gasteiger partial charge in [0.05, 0.1) is 4.92 Å². The summed E-state index contributed by atoms with van der Waals surface area (Å²) < 4.78 is 0. The Bertz CT molecular complexity index is 410. The summed E-state index contributed by atoms with van der Waals surface area (Å²) in [7, 11) is 1.64. The number of hydrogen-bond donors (Lipinski definition) is 3. The van der Waals surface area contributed by atoms with Crippen LogP contribution in [-0.2, 0) is 0 Å². The molecular formula is C9H15N5O3. The fraction of sp³-hybridized carbons (Fsp3) is 0.556. The molecule has 0 saturated carbocycles. The number of aromatic nitrogens is 2. The number of nitrogens with zero attached hydrogens (tertiary/aromatic N) is 3. The Labute approximate surface area is 98.2 Å². The molecule has 17 heavy (non-hydrogen) atoms. The molecule has 0 bridgehead atoms. The number of nitro groups is 1. The summed E-state index contributed by atoms with van der Waals surface area (Å²) in [5.74, 6) is 0.486. The third-order valence-electron chi connectivity index (χ3n) is 2.09. The average Bonchev–Trinajstić information content (AvgIpc) is 2.28. The summed E-state index contributed by atoms with van der Waals surface area (Å²) in [5.41, 5.74) is 0.155. The number of aliphatic hydroxyl groups excluding tert-OH is 1. The van der Waals surface area contributed by atoms with Gasteiger partial charge in [-0.25, -0.2) is 4.98 Å². The monoisotopic (exact) mass is 241 g/mol. The quantitative estimate of drug-likeness (QED) is 0.378. The van der Waals surface area contributed by atoms with Gasteiger partial charge in [0.1, 0.15) is 5.69 Å². The van der Waals surface area contributed by atoms with Crippen molar-refractivity contribution < 1.29 is 10.0 Å². The van der Waals surface area contributed by atoms with E-state index >= 15 is 0 Å². The molecule has 1 heterocycles. The minimum atomic E-state index is -0.518. The van der Waals surface area contributed by atoms with Gasteiger partial charge in [-0.1, -0.05) is 0 Å². The van der Waals surface area contributed by atoms with Gasteiger partial charge in [-0.15, -0.1) is 0 Å². The Hall–Kier alpha value is -1.96. The van der Waals surface area contributed by atoms with Crippen LogP contribution in [0.1, 0.15) is 12.1 Å². The maximum atomic E-state index is 10.9. The van der Waals surface area contributed by atoms with Crippen LogP contribution in [0.15, 0.2) is 0 Å². The Kier molecular flexibility index (Phi) is 4.58. The minimum Gasteiger partial charge on any atom is -0.396 e. The van der Waals surface area contributed by atoms with Gasteiger partial charge in [0.2, 0.25) is 11.8 Å². The smallest absolute Gasteiger partial charge is 0.332 e. The van der Waals surface area contributed by atoms with E-state index in [4.69, 9.17) is 5.11 Å². The van der Waals surface area contributed by atoms with E-state index < -0.39 is 4.92 Å². The molecule has 0 aliphatic heterocycles. The Morgan fingerprint density at radius 3 is 2.71 bits per heavy atom. The second kappa shape index (κ2) is 5.94. The van der Waals surface area contributed by atoms with Crippen molar-refractivity contribution in [1.29, 1.82) is 0 Å². The molecule has 0 amide bonds.